The van der Waals surface area contributed by atoms with Crippen molar-refractivity contribution in [2.75, 3.05) is 20.3 Å². The Balaban J connectivity index is 2.79. The van der Waals surface area contributed by atoms with Gasteiger partial charge in [0, 0.05) is 13.1 Å². The van der Waals surface area contributed by atoms with Crippen molar-refractivity contribution in [1.29, 1.82) is 0 Å². The van der Waals surface area contributed by atoms with Crippen molar-refractivity contribution in [2.24, 2.45) is 0 Å². The molecule has 0 heterocycles. The highest BCUT2D eigenvalue weighted by Crippen LogP contribution is 2.36. The third kappa shape index (κ3) is 4.48. The van der Waals surface area contributed by atoms with E-state index >= 15 is 0 Å². The molecular formula is C13H20BrNO3. The van der Waals surface area contributed by atoms with E-state index < -0.39 is 0 Å². The Morgan fingerprint density at radius 1 is 1.44 bits per heavy atom. The van der Waals surface area contributed by atoms with Gasteiger partial charge in [0.1, 0.15) is 0 Å². The maximum absolute atomic E-state index is 9.18. The number of methoxy groups -OCH3 is 1. The van der Waals surface area contributed by atoms with Gasteiger partial charge in [-0.2, -0.15) is 0 Å². The molecule has 1 aromatic carbocycles. The zero-order valence-electron chi connectivity index (χ0n) is 11.0. The molecule has 0 aliphatic rings. The molecule has 0 spiro atoms. The fourth-order valence-corrected chi connectivity index (χ4v) is 2.19. The SMILES string of the molecule is CCOc1c(Br)cc(CNCC(C)O)cc1OC. The molecule has 0 saturated heterocycles. The first-order valence-electron chi connectivity index (χ1n) is 5.96. The molecule has 0 aromatic heterocycles. The van der Waals surface area contributed by atoms with Gasteiger partial charge in [0.15, 0.2) is 11.5 Å². The number of aliphatic hydroxyl groups is 1. The second-order valence-electron chi connectivity index (χ2n) is 4.02. The molecule has 1 atom stereocenters. The minimum Gasteiger partial charge on any atom is -0.493 e. The van der Waals surface area contributed by atoms with Gasteiger partial charge in [-0.15, -0.1) is 0 Å². The fourth-order valence-electron chi connectivity index (χ4n) is 1.59. The molecule has 1 rings (SSSR count). The summed E-state index contributed by atoms with van der Waals surface area (Å²) < 4.78 is 11.7. The van der Waals surface area contributed by atoms with Crippen molar-refractivity contribution in [1.82, 2.24) is 5.32 Å². The van der Waals surface area contributed by atoms with Crippen LogP contribution in [0.1, 0.15) is 19.4 Å². The lowest BCUT2D eigenvalue weighted by molar-refractivity contribution is 0.191. The number of benzene rings is 1. The molecule has 0 bridgehead atoms. The van der Waals surface area contributed by atoms with E-state index in [1.54, 1.807) is 14.0 Å². The number of hydrogen-bond donors (Lipinski definition) is 2. The lowest BCUT2D eigenvalue weighted by Gasteiger charge is -2.14. The van der Waals surface area contributed by atoms with Crippen LogP contribution in [0.3, 0.4) is 0 Å². The molecule has 18 heavy (non-hydrogen) atoms. The summed E-state index contributed by atoms with van der Waals surface area (Å²) in [6.07, 6.45) is -0.349. The van der Waals surface area contributed by atoms with Crippen molar-refractivity contribution >= 4 is 15.9 Å². The number of ether oxygens (including phenoxy) is 2. The Bertz CT molecular complexity index is 383. The van der Waals surface area contributed by atoms with Gasteiger partial charge in [0.05, 0.1) is 24.3 Å². The molecule has 0 radical (unpaired) electrons. The zero-order chi connectivity index (χ0) is 13.5. The van der Waals surface area contributed by atoms with Gasteiger partial charge in [0.2, 0.25) is 0 Å². The van der Waals surface area contributed by atoms with Gasteiger partial charge in [-0.05, 0) is 47.5 Å². The first kappa shape index (κ1) is 15.3. The predicted octanol–water partition coefficient (Wildman–Crippen LogP) is 2.33. The van der Waals surface area contributed by atoms with E-state index in [-0.39, 0.29) is 6.10 Å². The fraction of sp³-hybridized carbons (Fsp3) is 0.538. The average Bonchev–Trinajstić information content (AvgIpc) is 2.31. The van der Waals surface area contributed by atoms with Crippen LogP contribution < -0.4 is 14.8 Å². The van der Waals surface area contributed by atoms with E-state index in [0.29, 0.717) is 25.4 Å². The first-order chi connectivity index (χ1) is 8.58. The van der Waals surface area contributed by atoms with Gasteiger partial charge in [-0.25, -0.2) is 0 Å². The number of rotatable bonds is 7. The monoisotopic (exact) mass is 317 g/mol. The number of nitrogens with one attached hydrogen (secondary N) is 1. The van der Waals surface area contributed by atoms with Gasteiger partial charge in [-0.3, -0.25) is 0 Å². The van der Waals surface area contributed by atoms with Crippen molar-refractivity contribution in [3.05, 3.63) is 22.2 Å². The third-order valence-electron chi connectivity index (χ3n) is 2.35. The highest BCUT2D eigenvalue weighted by Gasteiger charge is 2.11. The van der Waals surface area contributed by atoms with Crippen LogP contribution in [-0.4, -0.2) is 31.5 Å². The van der Waals surface area contributed by atoms with E-state index in [1.165, 1.54) is 0 Å². The zero-order valence-corrected chi connectivity index (χ0v) is 12.6. The maximum atomic E-state index is 9.18. The Morgan fingerprint density at radius 2 is 2.17 bits per heavy atom. The molecule has 0 aliphatic carbocycles. The standard InChI is InChI=1S/C13H20BrNO3/c1-4-18-13-11(14)5-10(6-12(13)17-3)8-15-7-9(2)16/h5-6,9,15-16H,4,7-8H2,1-3H3. The first-order valence-corrected chi connectivity index (χ1v) is 6.75. The van der Waals surface area contributed by atoms with Gasteiger partial charge >= 0.3 is 0 Å². The van der Waals surface area contributed by atoms with Gasteiger partial charge < -0.3 is 19.9 Å². The van der Waals surface area contributed by atoms with E-state index in [4.69, 9.17) is 9.47 Å². The molecule has 0 saturated carbocycles. The summed E-state index contributed by atoms with van der Waals surface area (Å²) in [4.78, 5) is 0. The van der Waals surface area contributed by atoms with Gasteiger partial charge in [0.25, 0.3) is 0 Å². The average molecular weight is 318 g/mol. The maximum Gasteiger partial charge on any atom is 0.175 e. The summed E-state index contributed by atoms with van der Waals surface area (Å²) in [6, 6.07) is 3.92. The normalized spacial score (nSPS) is 12.3. The molecule has 0 amide bonds. The Kier molecular flexibility index (Phi) is 6.46. The van der Waals surface area contributed by atoms with Crippen LogP contribution in [0.2, 0.25) is 0 Å². The van der Waals surface area contributed by atoms with E-state index in [0.717, 1.165) is 15.8 Å². The Labute approximate surface area is 116 Å². The third-order valence-corrected chi connectivity index (χ3v) is 2.94. The van der Waals surface area contributed by atoms with Crippen molar-refractivity contribution in [2.45, 2.75) is 26.5 Å². The van der Waals surface area contributed by atoms with Crippen molar-refractivity contribution in [3.8, 4) is 11.5 Å². The highest BCUT2D eigenvalue weighted by molar-refractivity contribution is 9.10. The number of hydrogen-bond acceptors (Lipinski definition) is 4. The summed E-state index contributed by atoms with van der Waals surface area (Å²) in [5, 5.41) is 12.3. The molecule has 0 aliphatic heterocycles. The molecule has 5 heteroatoms. The van der Waals surface area contributed by atoms with Gasteiger partial charge in [-0.1, -0.05) is 0 Å². The van der Waals surface area contributed by atoms with Crippen LogP contribution in [0.4, 0.5) is 0 Å². The highest BCUT2D eigenvalue weighted by atomic mass is 79.9. The Morgan fingerprint density at radius 3 is 2.72 bits per heavy atom. The topological polar surface area (TPSA) is 50.7 Å². The van der Waals surface area contributed by atoms with Crippen LogP contribution in [0.25, 0.3) is 0 Å². The van der Waals surface area contributed by atoms with Crippen molar-refractivity contribution in [3.63, 3.8) is 0 Å². The lowest BCUT2D eigenvalue weighted by atomic mass is 10.2. The van der Waals surface area contributed by atoms with Crippen LogP contribution in [0, 0.1) is 0 Å². The summed E-state index contributed by atoms with van der Waals surface area (Å²) in [5.41, 5.74) is 1.07. The molecule has 0 fully saturated rings. The minimum absolute atomic E-state index is 0.349. The summed E-state index contributed by atoms with van der Waals surface area (Å²) >= 11 is 3.48. The molecule has 1 unspecified atom stereocenters. The molecule has 102 valence electrons. The Hall–Kier alpha value is -0.780. The second-order valence-corrected chi connectivity index (χ2v) is 4.88. The number of halogens is 1. The minimum atomic E-state index is -0.349. The van der Waals surface area contributed by atoms with E-state index in [2.05, 4.69) is 21.2 Å². The lowest BCUT2D eigenvalue weighted by Crippen LogP contribution is -2.23. The van der Waals surface area contributed by atoms with Crippen LogP contribution >= 0.6 is 15.9 Å². The van der Waals surface area contributed by atoms with Crippen LogP contribution in [0.5, 0.6) is 11.5 Å². The van der Waals surface area contributed by atoms with E-state index in [9.17, 15) is 5.11 Å². The molecule has 1 aromatic rings. The summed E-state index contributed by atoms with van der Waals surface area (Å²) in [7, 11) is 1.62. The van der Waals surface area contributed by atoms with Crippen LogP contribution in [-0.2, 0) is 6.54 Å². The van der Waals surface area contributed by atoms with Crippen molar-refractivity contribution < 1.29 is 14.6 Å². The molecule has 2 N–H and O–H groups in total. The van der Waals surface area contributed by atoms with E-state index in [1.807, 2.05) is 19.1 Å². The largest absolute Gasteiger partial charge is 0.493 e. The summed E-state index contributed by atoms with van der Waals surface area (Å²) in [6.45, 7) is 5.51. The predicted molar refractivity (Wildman–Crippen MR) is 75.3 cm³/mol. The second kappa shape index (κ2) is 7.61. The summed E-state index contributed by atoms with van der Waals surface area (Å²) in [5.74, 6) is 1.43. The smallest absolute Gasteiger partial charge is 0.175 e. The molecule has 4 nitrogen and oxygen atoms in total. The van der Waals surface area contributed by atoms with Crippen LogP contribution in [0.15, 0.2) is 16.6 Å². The molecular weight excluding hydrogens is 298 g/mol. The number of aliphatic hydroxyl groups excluding tert-OH is 1. The quantitative estimate of drug-likeness (QED) is 0.810.